The van der Waals surface area contributed by atoms with Crippen molar-refractivity contribution in [3.63, 3.8) is 0 Å². The molecule has 3 rings (SSSR count). The maximum absolute atomic E-state index is 14.0. The number of guanidine groups is 1. The van der Waals surface area contributed by atoms with Gasteiger partial charge < -0.3 is 15.4 Å². The summed E-state index contributed by atoms with van der Waals surface area (Å²) in [5, 5.41) is 6.80. The molecule has 31 heavy (non-hydrogen) atoms. The van der Waals surface area contributed by atoms with Gasteiger partial charge in [-0.3, -0.25) is 9.89 Å². The van der Waals surface area contributed by atoms with Gasteiger partial charge in [-0.1, -0.05) is 35.9 Å². The second-order valence-electron chi connectivity index (χ2n) is 7.81. The van der Waals surface area contributed by atoms with Crippen molar-refractivity contribution in [3.8, 4) is 5.75 Å². The number of rotatable bonds is 7. The van der Waals surface area contributed by atoms with Crippen molar-refractivity contribution in [2.24, 2.45) is 4.99 Å². The minimum Gasteiger partial charge on any atom is -0.491 e. The number of piperidine rings is 1. The molecule has 1 aliphatic rings. The molecule has 0 aliphatic carbocycles. The third-order valence-corrected chi connectivity index (χ3v) is 5.40. The fourth-order valence-corrected chi connectivity index (χ4v) is 3.80. The predicted octanol–water partition coefficient (Wildman–Crippen LogP) is 4.48. The highest BCUT2D eigenvalue weighted by molar-refractivity contribution is 14.0. The molecule has 2 N–H and O–H groups in total. The Kier molecular flexibility index (Phi) is 10.5. The molecule has 1 fully saturated rings. The summed E-state index contributed by atoms with van der Waals surface area (Å²) in [6.45, 7) is 8.08. The molecule has 0 saturated carbocycles. The number of likely N-dealkylation sites (tertiary alicyclic amines) is 1. The van der Waals surface area contributed by atoms with Crippen molar-refractivity contribution in [2.45, 2.75) is 45.8 Å². The molecule has 1 aliphatic heterocycles. The van der Waals surface area contributed by atoms with E-state index in [0.717, 1.165) is 44.0 Å². The van der Waals surface area contributed by atoms with Gasteiger partial charge in [0.2, 0.25) is 0 Å². The third kappa shape index (κ3) is 7.96. The largest absolute Gasteiger partial charge is 0.491 e. The monoisotopic (exact) mass is 540 g/mol. The van der Waals surface area contributed by atoms with E-state index in [0.29, 0.717) is 24.9 Å². The van der Waals surface area contributed by atoms with Crippen molar-refractivity contribution in [3.05, 3.63) is 65.0 Å². The smallest absolute Gasteiger partial charge is 0.191 e. The topological polar surface area (TPSA) is 48.9 Å². The van der Waals surface area contributed by atoms with Crippen LogP contribution in [0.25, 0.3) is 0 Å². The molecule has 0 unspecified atom stereocenters. The summed E-state index contributed by atoms with van der Waals surface area (Å²) in [6, 6.07) is 14.2. The number of hydrogen-bond acceptors (Lipinski definition) is 3. The molecular formula is C24H34FIN4O. The quantitative estimate of drug-likeness (QED) is 0.309. The zero-order valence-corrected chi connectivity index (χ0v) is 21.0. The van der Waals surface area contributed by atoms with Gasteiger partial charge >= 0.3 is 0 Å². The Labute approximate surface area is 202 Å². The zero-order chi connectivity index (χ0) is 21.3. The van der Waals surface area contributed by atoms with Crippen LogP contribution < -0.4 is 15.4 Å². The summed E-state index contributed by atoms with van der Waals surface area (Å²) >= 11 is 0. The van der Waals surface area contributed by atoms with Gasteiger partial charge in [-0.15, -0.1) is 24.0 Å². The van der Waals surface area contributed by atoms with Gasteiger partial charge in [0.1, 0.15) is 0 Å². The van der Waals surface area contributed by atoms with Crippen molar-refractivity contribution in [2.75, 3.05) is 26.7 Å². The maximum Gasteiger partial charge on any atom is 0.191 e. The van der Waals surface area contributed by atoms with Gasteiger partial charge in [-0.25, -0.2) is 4.39 Å². The summed E-state index contributed by atoms with van der Waals surface area (Å²) in [5.41, 5.74) is 3.54. The van der Waals surface area contributed by atoms with E-state index in [9.17, 15) is 4.39 Å². The summed E-state index contributed by atoms with van der Waals surface area (Å²) in [6.07, 6.45) is 2.15. The third-order valence-electron chi connectivity index (χ3n) is 5.40. The molecule has 0 spiro atoms. The van der Waals surface area contributed by atoms with Crippen LogP contribution in [0, 0.1) is 12.7 Å². The fourth-order valence-electron chi connectivity index (χ4n) is 3.80. The average Bonchev–Trinajstić information content (AvgIpc) is 2.74. The van der Waals surface area contributed by atoms with E-state index in [1.165, 1.54) is 17.2 Å². The first-order valence-electron chi connectivity index (χ1n) is 10.7. The molecule has 0 bridgehead atoms. The highest BCUT2D eigenvalue weighted by Gasteiger charge is 2.20. The Balaban J connectivity index is 0.00000341. The van der Waals surface area contributed by atoms with Crippen molar-refractivity contribution < 1.29 is 9.13 Å². The highest BCUT2D eigenvalue weighted by Crippen LogP contribution is 2.18. The van der Waals surface area contributed by atoms with Crippen LogP contribution in [-0.4, -0.2) is 43.6 Å². The van der Waals surface area contributed by atoms with Gasteiger partial charge in [0, 0.05) is 39.3 Å². The molecule has 0 aromatic heterocycles. The number of ether oxygens (including phenoxy) is 1. The first-order valence-corrected chi connectivity index (χ1v) is 10.7. The van der Waals surface area contributed by atoms with Crippen LogP contribution in [-0.2, 0) is 13.1 Å². The van der Waals surface area contributed by atoms with Crippen LogP contribution in [0.3, 0.4) is 0 Å². The van der Waals surface area contributed by atoms with Crippen LogP contribution in [0.2, 0.25) is 0 Å². The molecule has 0 radical (unpaired) electrons. The van der Waals surface area contributed by atoms with Crippen LogP contribution in [0.1, 0.15) is 36.5 Å². The van der Waals surface area contributed by atoms with Gasteiger partial charge in [0.15, 0.2) is 17.5 Å². The maximum atomic E-state index is 14.0. The van der Waals surface area contributed by atoms with E-state index >= 15 is 0 Å². The number of nitrogens with zero attached hydrogens (tertiary/aromatic N) is 2. The molecule has 7 heteroatoms. The van der Waals surface area contributed by atoms with Crippen molar-refractivity contribution in [1.29, 1.82) is 0 Å². The highest BCUT2D eigenvalue weighted by atomic mass is 127. The SMILES string of the molecule is CCOc1ccc(CNC(=NC)NC2CCN(Cc3cccc(C)c3)CC2)cc1F.I. The molecule has 0 atom stereocenters. The fraction of sp³-hybridized carbons (Fsp3) is 0.458. The lowest BCUT2D eigenvalue weighted by atomic mass is 10.0. The van der Waals surface area contributed by atoms with Crippen LogP contribution in [0.5, 0.6) is 5.75 Å². The molecular weight excluding hydrogens is 506 g/mol. The van der Waals surface area contributed by atoms with Gasteiger partial charge in [0.05, 0.1) is 6.61 Å². The zero-order valence-electron chi connectivity index (χ0n) is 18.7. The molecule has 1 heterocycles. The van der Waals surface area contributed by atoms with Crippen molar-refractivity contribution in [1.82, 2.24) is 15.5 Å². The lowest BCUT2D eigenvalue weighted by Gasteiger charge is -2.33. The molecule has 5 nitrogen and oxygen atoms in total. The second kappa shape index (κ2) is 12.9. The molecule has 2 aromatic rings. The summed E-state index contributed by atoms with van der Waals surface area (Å²) in [5.74, 6) is 0.711. The predicted molar refractivity (Wildman–Crippen MR) is 136 cm³/mol. The summed E-state index contributed by atoms with van der Waals surface area (Å²) < 4.78 is 19.3. The van der Waals surface area contributed by atoms with E-state index in [-0.39, 0.29) is 29.8 Å². The van der Waals surface area contributed by atoms with Crippen molar-refractivity contribution >= 4 is 29.9 Å². The number of halogens is 2. The Morgan fingerprint density at radius 2 is 1.94 bits per heavy atom. The van der Waals surface area contributed by atoms with E-state index in [4.69, 9.17) is 4.74 Å². The van der Waals surface area contributed by atoms with E-state index in [1.807, 2.05) is 13.0 Å². The minimum absolute atomic E-state index is 0. The number of aliphatic imine (C=N–C) groups is 1. The number of hydrogen-bond donors (Lipinski definition) is 2. The molecule has 170 valence electrons. The van der Waals surface area contributed by atoms with Crippen LogP contribution in [0.4, 0.5) is 4.39 Å². The molecule has 2 aromatic carbocycles. The lowest BCUT2D eigenvalue weighted by molar-refractivity contribution is 0.198. The van der Waals surface area contributed by atoms with Gasteiger partial charge in [-0.2, -0.15) is 0 Å². The standard InChI is InChI=1S/C24H33FN4O.HI/c1-4-30-23-9-8-19(15-22(23)25)16-27-24(26-3)28-21-10-12-29(13-11-21)17-20-7-5-6-18(2)14-20;/h5-9,14-15,21H,4,10-13,16-17H2,1-3H3,(H2,26,27,28);1H. The Bertz CT molecular complexity index is 853. The molecule has 0 amide bonds. The van der Waals surface area contributed by atoms with Gasteiger partial charge in [-0.05, 0) is 49.9 Å². The second-order valence-corrected chi connectivity index (χ2v) is 7.81. The Hall–Kier alpha value is -1.87. The Morgan fingerprint density at radius 1 is 1.16 bits per heavy atom. The number of nitrogens with one attached hydrogen (secondary N) is 2. The minimum atomic E-state index is -0.333. The normalized spacial score (nSPS) is 15.3. The first-order chi connectivity index (χ1) is 14.6. The number of aryl methyl sites for hydroxylation is 1. The van der Waals surface area contributed by atoms with Crippen LogP contribution >= 0.6 is 24.0 Å². The van der Waals surface area contributed by atoms with E-state index in [1.54, 1.807) is 13.1 Å². The summed E-state index contributed by atoms with van der Waals surface area (Å²) in [7, 11) is 1.76. The Morgan fingerprint density at radius 3 is 2.58 bits per heavy atom. The molecule has 1 saturated heterocycles. The summed E-state index contributed by atoms with van der Waals surface area (Å²) in [4.78, 5) is 6.83. The van der Waals surface area contributed by atoms with E-state index in [2.05, 4.69) is 51.7 Å². The first kappa shape index (κ1) is 25.4. The van der Waals surface area contributed by atoms with Gasteiger partial charge in [0.25, 0.3) is 0 Å². The number of benzene rings is 2. The van der Waals surface area contributed by atoms with E-state index < -0.39 is 0 Å². The van der Waals surface area contributed by atoms with Crippen LogP contribution in [0.15, 0.2) is 47.5 Å². The lowest BCUT2D eigenvalue weighted by Crippen LogP contribution is -2.48. The average molecular weight is 540 g/mol.